The lowest BCUT2D eigenvalue weighted by Crippen LogP contribution is -2.35. The van der Waals surface area contributed by atoms with Gasteiger partial charge in [0.15, 0.2) is 0 Å². The number of carbonyl (C=O) groups is 2. The van der Waals surface area contributed by atoms with Gasteiger partial charge in [0.05, 0.1) is 6.54 Å². The summed E-state index contributed by atoms with van der Waals surface area (Å²) in [5, 5.41) is 5.88. The fourth-order valence-corrected chi connectivity index (χ4v) is 1.49. The predicted molar refractivity (Wildman–Crippen MR) is 74.5 cm³/mol. The van der Waals surface area contributed by atoms with Crippen LogP contribution in [0.25, 0.3) is 0 Å². The van der Waals surface area contributed by atoms with E-state index in [1.165, 1.54) is 0 Å². The average Bonchev–Trinajstić information content (AvgIpc) is 2.37. The molecule has 0 heterocycles. The van der Waals surface area contributed by atoms with Crippen molar-refractivity contribution >= 4 is 11.8 Å². The summed E-state index contributed by atoms with van der Waals surface area (Å²) in [6.45, 7) is 5.65. The first-order valence-electron chi connectivity index (χ1n) is 6.35. The highest BCUT2D eigenvalue weighted by atomic mass is 16.2. The molecule has 5 nitrogen and oxygen atoms in total. The van der Waals surface area contributed by atoms with Crippen molar-refractivity contribution in [3.63, 3.8) is 0 Å². The maximum Gasteiger partial charge on any atom is 0.248 e. The lowest BCUT2D eigenvalue weighted by molar-refractivity contribution is -0.120. The van der Waals surface area contributed by atoms with Crippen molar-refractivity contribution < 1.29 is 9.59 Å². The Balaban J connectivity index is 2.29. The highest BCUT2D eigenvalue weighted by molar-refractivity contribution is 5.92. The number of nitrogens with one attached hydrogen (secondary N) is 2. The van der Waals surface area contributed by atoms with E-state index < -0.39 is 5.91 Å². The third-order valence-electron chi connectivity index (χ3n) is 2.56. The molecule has 4 N–H and O–H groups in total. The van der Waals surface area contributed by atoms with Gasteiger partial charge in [0.25, 0.3) is 0 Å². The molecule has 0 aromatic heterocycles. The fourth-order valence-electron chi connectivity index (χ4n) is 1.49. The highest BCUT2D eigenvalue weighted by Crippen LogP contribution is 2.03. The largest absolute Gasteiger partial charge is 0.366 e. The highest BCUT2D eigenvalue weighted by Gasteiger charge is 2.03. The Morgan fingerprint density at radius 1 is 1.21 bits per heavy atom. The van der Waals surface area contributed by atoms with Crippen LogP contribution in [0.4, 0.5) is 0 Å². The Kier molecular flexibility index (Phi) is 6.02. The molecular weight excluding hydrogens is 242 g/mol. The van der Waals surface area contributed by atoms with E-state index >= 15 is 0 Å². The standard InChI is InChI=1S/C14H21N3O2/c1-10(2)7-17-13(18)9-16-8-11-3-5-12(6-4-11)14(15)19/h3-6,10,16H,7-9H2,1-2H3,(H2,15,19)(H,17,18). The van der Waals surface area contributed by atoms with Gasteiger partial charge >= 0.3 is 0 Å². The number of hydrogen-bond donors (Lipinski definition) is 3. The second kappa shape index (κ2) is 7.53. The molecule has 0 aliphatic heterocycles. The summed E-state index contributed by atoms with van der Waals surface area (Å²) in [7, 11) is 0. The van der Waals surface area contributed by atoms with Crippen LogP contribution in [-0.2, 0) is 11.3 Å². The van der Waals surface area contributed by atoms with Crippen molar-refractivity contribution in [1.82, 2.24) is 10.6 Å². The molecule has 0 bridgehead atoms. The van der Waals surface area contributed by atoms with Crippen molar-refractivity contribution in [3.8, 4) is 0 Å². The molecule has 0 saturated carbocycles. The third kappa shape index (κ3) is 6.01. The zero-order valence-electron chi connectivity index (χ0n) is 11.4. The fraction of sp³-hybridized carbons (Fsp3) is 0.429. The van der Waals surface area contributed by atoms with Gasteiger partial charge in [0.1, 0.15) is 0 Å². The molecule has 0 radical (unpaired) electrons. The van der Waals surface area contributed by atoms with Crippen LogP contribution < -0.4 is 16.4 Å². The van der Waals surface area contributed by atoms with E-state index in [0.29, 0.717) is 24.6 Å². The average molecular weight is 263 g/mol. The van der Waals surface area contributed by atoms with E-state index in [2.05, 4.69) is 10.6 Å². The minimum Gasteiger partial charge on any atom is -0.366 e. The van der Waals surface area contributed by atoms with Crippen LogP contribution in [0.1, 0.15) is 29.8 Å². The molecule has 1 rings (SSSR count). The van der Waals surface area contributed by atoms with E-state index in [1.54, 1.807) is 12.1 Å². The molecule has 0 fully saturated rings. The third-order valence-corrected chi connectivity index (χ3v) is 2.56. The van der Waals surface area contributed by atoms with Crippen molar-refractivity contribution in [2.24, 2.45) is 11.7 Å². The summed E-state index contributed by atoms with van der Waals surface area (Å²) in [6.07, 6.45) is 0. The Morgan fingerprint density at radius 2 is 1.84 bits per heavy atom. The molecule has 2 amide bonds. The van der Waals surface area contributed by atoms with Crippen molar-refractivity contribution in [2.45, 2.75) is 20.4 Å². The van der Waals surface area contributed by atoms with Crippen LogP contribution in [0.5, 0.6) is 0 Å². The van der Waals surface area contributed by atoms with Gasteiger partial charge in [-0.3, -0.25) is 9.59 Å². The van der Waals surface area contributed by atoms with E-state index in [1.807, 2.05) is 26.0 Å². The minimum atomic E-state index is -0.437. The number of benzene rings is 1. The summed E-state index contributed by atoms with van der Waals surface area (Å²) >= 11 is 0. The van der Waals surface area contributed by atoms with Gasteiger partial charge in [-0.2, -0.15) is 0 Å². The van der Waals surface area contributed by atoms with Gasteiger partial charge < -0.3 is 16.4 Å². The molecular formula is C14H21N3O2. The monoisotopic (exact) mass is 263 g/mol. The second-order valence-corrected chi connectivity index (χ2v) is 4.86. The molecule has 5 heteroatoms. The molecule has 104 valence electrons. The maximum absolute atomic E-state index is 11.4. The van der Waals surface area contributed by atoms with E-state index in [4.69, 9.17) is 5.73 Å². The first-order chi connectivity index (χ1) is 8.99. The van der Waals surface area contributed by atoms with Gasteiger partial charge in [-0.1, -0.05) is 26.0 Å². The first kappa shape index (κ1) is 15.2. The Bertz CT molecular complexity index is 427. The minimum absolute atomic E-state index is 0.0116. The number of carbonyl (C=O) groups excluding carboxylic acids is 2. The topological polar surface area (TPSA) is 84.2 Å². The molecule has 0 saturated heterocycles. The molecule has 0 aliphatic carbocycles. The molecule has 0 atom stereocenters. The Labute approximate surface area is 113 Å². The van der Waals surface area contributed by atoms with Gasteiger partial charge in [0.2, 0.25) is 11.8 Å². The zero-order chi connectivity index (χ0) is 14.3. The maximum atomic E-state index is 11.4. The summed E-state index contributed by atoms with van der Waals surface area (Å²) < 4.78 is 0. The quantitative estimate of drug-likeness (QED) is 0.675. The number of hydrogen-bond acceptors (Lipinski definition) is 3. The molecule has 19 heavy (non-hydrogen) atoms. The lowest BCUT2D eigenvalue weighted by Gasteiger charge is -2.08. The second-order valence-electron chi connectivity index (χ2n) is 4.86. The van der Waals surface area contributed by atoms with Crippen LogP contribution in [0.3, 0.4) is 0 Å². The lowest BCUT2D eigenvalue weighted by atomic mass is 10.1. The Morgan fingerprint density at radius 3 is 2.37 bits per heavy atom. The smallest absolute Gasteiger partial charge is 0.248 e. The SMILES string of the molecule is CC(C)CNC(=O)CNCc1ccc(C(N)=O)cc1. The number of primary amides is 1. The van der Waals surface area contributed by atoms with Crippen molar-refractivity contribution in [2.75, 3.05) is 13.1 Å². The van der Waals surface area contributed by atoms with Crippen molar-refractivity contribution in [3.05, 3.63) is 35.4 Å². The molecule has 1 aromatic carbocycles. The number of rotatable bonds is 7. The number of nitrogens with two attached hydrogens (primary N) is 1. The molecule has 0 aliphatic rings. The normalized spacial score (nSPS) is 10.5. The first-order valence-corrected chi connectivity index (χ1v) is 6.35. The molecule has 0 unspecified atom stereocenters. The van der Waals surface area contributed by atoms with E-state index in [0.717, 1.165) is 5.56 Å². The van der Waals surface area contributed by atoms with Crippen LogP contribution in [0.2, 0.25) is 0 Å². The van der Waals surface area contributed by atoms with Crippen LogP contribution in [-0.4, -0.2) is 24.9 Å². The van der Waals surface area contributed by atoms with Crippen LogP contribution in [0, 0.1) is 5.92 Å². The molecule has 0 spiro atoms. The summed E-state index contributed by atoms with van der Waals surface area (Å²) in [6, 6.07) is 6.99. The molecule has 1 aromatic rings. The summed E-state index contributed by atoms with van der Waals surface area (Å²) in [4.78, 5) is 22.3. The van der Waals surface area contributed by atoms with Crippen LogP contribution >= 0.6 is 0 Å². The van der Waals surface area contributed by atoms with Gasteiger partial charge in [0, 0.05) is 18.7 Å². The summed E-state index contributed by atoms with van der Waals surface area (Å²) in [5.74, 6) is 0.000299. The van der Waals surface area contributed by atoms with Gasteiger partial charge in [-0.25, -0.2) is 0 Å². The summed E-state index contributed by atoms with van der Waals surface area (Å²) in [5.41, 5.74) is 6.64. The van der Waals surface area contributed by atoms with Crippen LogP contribution in [0.15, 0.2) is 24.3 Å². The van der Waals surface area contributed by atoms with Crippen molar-refractivity contribution in [1.29, 1.82) is 0 Å². The van der Waals surface area contributed by atoms with E-state index in [9.17, 15) is 9.59 Å². The predicted octanol–water partition coefficient (Wildman–Crippen LogP) is 0.647. The number of amides is 2. The van der Waals surface area contributed by atoms with E-state index in [-0.39, 0.29) is 12.5 Å². The van der Waals surface area contributed by atoms with Gasteiger partial charge in [-0.05, 0) is 23.6 Å². The Hall–Kier alpha value is -1.88. The zero-order valence-corrected chi connectivity index (χ0v) is 11.4. The van der Waals surface area contributed by atoms with Gasteiger partial charge in [-0.15, -0.1) is 0 Å².